The summed E-state index contributed by atoms with van der Waals surface area (Å²) >= 11 is 1.76. The van der Waals surface area contributed by atoms with E-state index in [1.54, 1.807) is 11.3 Å². The molecule has 1 aromatic carbocycles. The van der Waals surface area contributed by atoms with Crippen molar-refractivity contribution < 1.29 is 8.94 Å². The molecule has 0 aliphatic heterocycles. The van der Waals surface area contributed by atoms with Crippen LogP contribution in [0.5, 0.6) is 0 Å². The largest absolute Gasteiger partial charge is 0.419 e. The second-order valence-corrected chi connectivity index (χ2v) is 7.53. The smallest absolute Gasteiger partial charge is 0.253 e. The molecule has 3 aromatic heterocycles. The highest BCUT2D eigenvalue weighted by Gasteiger charge is 2.22. The molecule has 7 heteroatoms. The van der Waals surface area contributed by atoms with Gasteiger partial charge < -0.3 is 8.94 Å². The molecule has 0 fully saturated rings. The summed E-state index contributed by atoms with van der Waals surface area (Å²) < 4.78 is 11.3. The Balaban J connectivity index is 1.55. The van der Waals surface area contributed by atoms with Gasteiger partial charge in [-0.1, -0.05) is 35.5 Å². The molecule has 27 heavy (non-hydrogen) atoms. The van der Waals surface area contributed by atoms with Crippen LogP contribution in [0.3, 0.4) is 0 Å². The molecule has 0 N–H and O–H groups in total. The van der Waals surface area contributed by atoms with Gasteiger partial charge in [0.25, 0.3) is 5.89 Å². The van der Waals surface area contributed by atoms with E-state index in [0.717, 1.165) is 17.7 Å². The second-order valence-electron chi connectivity index (χ2n) is 6.53. The molecule has 0 spiro atoms. The van der Waals surface area contributed by atoms with Gasteiger partial charge in [-0.05, 0) is 37.9 Å². The lowest BCUT2D eigenvalue weighted by atomic mass is 10.1. The first kappa shape index (κ1) is 17.6. The van der Waals surface area contributed by atoms with Gasteiger partial charge in [-0.3, -0.25) is 4.90 Å². The second kappa shape index (κ2) is 7.46. The average Bonchev–Trinajstić information content (AvgIpc) is 3.37. The summed E-state index contributed by atoms with van der Waals surface area (Å²) in [7, 11) is 2.04. The van der Waals surface area contributed by atoms with Crippen molar-refractivity contribution in [3.8, 4) is 22.7 Å². The van der Waals surface area contributed by atoms with E-state index in [2.05, 4.69) is 38.6 Å². The van der Waals surface area contributed by atoms with Crippen LogP contribution in [0, 0.1) is 13.8 Å². The summed E-state index contributed by atoms with van der Waals surface area (Å²) in [6.07, 6.45) is 0. The van der Waals surface area contributed by atoms with Crippen molar-refractivity contribution in [2.24, 2.45) is 0 Å². The van der Waals surface area contributed by atoms with Crippen molar-refractivity contribution in [2.75, 3.05) is 7.05 Å². The normalized spacial score (nSPS) is 11.4. The lowest BCUT2D eigenvalue weighted by molar-refractivity contribution is 0.284. The molecule has 0 atom stereocenters. The molecule has 0 aliphatic carbocycles. The number of benzene rings is 1. The Morgan fingerprint density at radius 3 is 2.59 bits per heavy atom. The van der Waals surface area contributed by atoms with Gasteiger partial charge in [0.05, 0.1) is 6.54 Å². The molecule has 0 bridgehead atoms. The third-order valence-corrected chi connectivity index (χ3v) is 5.39. The molecule has 6 nitrogen and oxygen atoms in total. The molecule has 0 amide bonds. The number of rotatable bonds is 6. The first-order valence-electron chi connectivity index (χ1n) is 8.68. The van der Waals surface area contributed by atoms with Crippen LogP contribution in [0.4, 0.5) is 0 Å². The van der Waals surface area contributed by atoms with Crippen LogP contribution in [-0.4, -0.2) is 27.3 Å². The number of aryl methyl sites for hydroxylation is 2. The van der Waals surface area contributed by atoms with E-state index in [1.165, 1.54) is 10.4 Å². The monoisotopic (exact) mass is 380 g/mol. The maximum atomic E-state index is 5.93. The summed E-state index contributed by atoms with van der Waals surface area (Å²) in [5.74, 6) is 1.66. The van der Waals surface area contributed by atoms with Crippen molar-refractivity contribution in [3.05, 3.63) is 63.9 Å². The zero-order chi connectivity index (χ0) is 18.8. The van der Waals surface area contributed by atoms with Crippen LogP contribution in [0.2, 0.25) is 0 Å². The van der Waals surface area contributed by atoms with E-state index in [9.17, 15) is 0 Å². The molecular weight excluding hydrogens is 360 g/mol. The number of thiophene rings is 1. The van der Waals surface area contributed by atoms with Gasteiger partial charge in [-0.15, -0.1) is 21.5 Å². The quantitative estimate of drug-likeness (QED) is 0.483. The lowest BCUT2D eigenvalue weighted by Crippen LogP contribution is -2.17. The van der Waals surface area contributed by atoms with Crippen molar-refractivity contribution in [1.82, 2.24) is 20.3 Å². The van der Waals surface area contributed by atoms with Gasteiger partial charge >= 0.3 is 0 Å². The summed E-state index contributed by atoms with van der Waals surface area (Å²) in [6.45, 7) is 5.41. The Bertz CT molecular complexity index is 1040. The number of hydrogen-bond acceptors (Lipinski definition) is 7. The molecule has 4 aromatic rings. The Kier molecular flexibility index (Phi) is 4.87. The molecule has 0 unspecified atom stereocenters. The molecule has 4 rings (SSSR count). The highest BCUT2D eigenvalue weighted by atomic mass is 32.1. The van der Waals surface area contributed by atoms with Crippen LogP contribution in [0.25, 0.3) is 22.7 Å². The predicted octanol–water partition coefficient (Wildman–Crippen LogP) is 4.70. The summed E-state index contributed by atoms with van der Waals surface area (Å²) in [4.78, 5) is 3.51. The molecule has 0 radical (unpaired) electrons. The molecule has 3 heterocycles. The van der Waals surface area contributed by atoms with Crippen molar-refractivity contribution in [2.45, 2.75) is 26.9 Å². The van der Waals surface area contributed by atoms with E-state index >= 15 is 0 Å². The van der Waals surface area contributed by atoms with Crippen molar-refractivity contribution >= 4 is 11.3 Å². The lowest BCUT2D eigenvalue weighted by Gasteiger charge is -2.13. The highest BCUT2D eigenvalue weighted by Crippen LogP contribution is 2.33. The van der Waals surface area contributed by atoms with Crippen LogP contribution in [0.15, 0.2) is 50.7 Å². The van der Waals surface area contributed by atoms with Crippen LogP contribution >= 0.6 is 11.3 Å². The van der Waals surface area contributed by atoms with Gasteiger partial charge in [0.1, 0.15) is 17.0 Å². The zero-order valence-corrected chi connectivity index (χ0v) is 16.3. The topological polar surface area (TPSA) is 68.2 Å². The minimum atomic E-state index is 0.434. The van der Waals surface area contributed by atoms with Gasteiger partial charge in [0.15, 0.2) is 0 Å². The molecule has 0 saturated carbocycles. The van der Waals surface area contributed by atoms with Crippen LogP contribution in [-0.2, 0) is 13.1 Å². The first-order chi connectivity index (χ1) is 13.1. The summed E-state index contributed by atoms with van der Waals surface area (Å²) in [5, 5.41) is 14.7. The van der Waals surface area contributed by atoms with Gasteiger partial charge in [-0.2, -0.15) is 0 Å². The highest BCUT2D eigenvalue weighted by molar-refractivity contribution is 7.10. The standard InChI is InChI=1S/C20H20N4O2S/c1-13-9-10-27-16(13)11-24(3)12-17-21-22-20(25-17)18-14(2)26-23-19(18)15-7-5-4-6-8-15/h4-10H,11-12H2,1-3H3. The Labute approximate surface area is 161 Å². The minimum Gasteiger partial charge on any atom is -0.419 e. The summed E-state index contributed by atoms with van der Waals surface area (Å²) in [5.41, 5.74) is 3.72. The van der Waals surface area contributed by atoms with E-state index in [-0.39, 0.29) is 0 Å². The average molecular weight is 380 g/mol. The maximum absolute atomic E-state index is 5.93. The van der Waals surface area contributed by atoms with Gasteiger partial charge in [-0.25, -0.2) is 0 Å². The summed E-state index contributed by atoms with van der Waals surface area (Å²) in [6, 6.07) is 12.0. The fourth-order valence-corrected chi connectivity index (χ4v) is 3.92. The Hall–Kier alpha value is -2.77. The van der Waals surface area contributed by atoms with E-state index in [1.807, 2.05) is 44.3 Å². The fraction of sp³-hybridized carbons (Fsp3) is 0.250. The molecule has 138 valence electrons. The Morgan fingerprint density at radius 2 is 1.85 bits per heavy atom. The first-order valence-corrected chi connectivity index (χ1v) is 9.55. The van der Waals surface area contributed by atoms with E-state index in [4.69, 9.17) is 8.94 Å². The van der Waals surface area contributed by atoms with Crippen molar-refractivity contribution in [3.63, 3.8) is 0 Å². The van der Waals surface area contributed by atoms with E-state index in [0.29, 0.717) is 29.8 Å². The Morgan fingerprint density at radius 1 is 1.04 bits per heavy atom. The predicted molar refractivity (Wildman–Crippen MR) is 104 cm³/mol. The maximum Gasteiger partial charge on any atom is 0.253 e. The SMILES string of the molecule is Cc1ccsc1CN(C)Cc1nnc(-c2c(-c3ccccc3)noc2C)o1. The molecular formula is C20H20N4O2S. The van der Waals surface area contributed by atoms with Crippen molar-refractivity contribution in [1.29, 1.82) is 0 Å². The number of aromatic nitrogens is 3. The van der Waals surface area contributed by atoms with Crippen LogP contribution < -0.4 is 0 Å². The minimum absolute atomic E-state index is 0.434. The molecule has 0 saturated heterocycles. The van der Waals surface area contributed by atoms with Gasteiger partial charge in [0.2, 0.25) is 5.89 Å². The van der Waals surface area contributed by atoms with Crippen LogP contribution in [0.1, 0.15) is 22.1 Å². The third-order valence-electron chi connectivity index (χ3n) is 4.38. The fourth-order valence-electron chi connectivity index (χ4n) is 2.93. The molecule has 0 aliphatic rings. The number of nitrogens with zero attached hydrogens (tertiary/aromatic N) is 4. The zero-order valence-electron chi connectivity index (χ0n) is 15.5. The van der Waals surface area contributed by atoms with Gasteiger partial charge in [0, 0.05) is 17.0 Å². The van der Waals surface area contributed by atoms with E-state index < -0.39 is 0 Å². The third kappa shape index (κ3) is 3.70. The number of hydrogen-bond donors (Lipinski definition) is 0.